The summed E-state index contributed by atoms with van der Waals surface area (Å²) in [6, 6.07) is 0. The molecule has 4 aliphatic carbocycles. The first-order valence-electron chi connectivity index (χ1n) is 12.6. The van der Waals surface area contributed by atoms with Crippen LogP contribution in [0.15, 0.2) is 0 Å². The van der Waals surface area contributed by atoms with E-state index in [0.29, 0.717) is 22.0 Å². The summed E-state index contributed by atoms with van der Waals surface area (Å²) in [5.74, 6) is 3.36. The maximum Gasteiger partial charge on any atom is 0.192 e. The fraction of sp³-hybridized carbons (Fsp3) is 1.00. The van der Waals surface area contributed by atoms with Gasteiger partial charge in [0.2, 0.25) is 0 Å². The zero-order valence-corrected chi connectivity index (χ0v) is 21.6. The Morgan fingerprint density at radius 3 is 2.14 bits per heavy atom. The van der Waals surface area contributed by atoms with Gasteiger partial charge in [-0.25, -0.2) is 0 Å². The van der Waals surface area contributed by atoms with E-state index in [1.807, 2.05) is 0 Å². The summed E-state index contributed by atoms with van der Waals surface area (Å²) in [6.45, 7) is 19.3. The lowest BCUT2D eigenvalue weighted by molar-refractivity contribution is -0.149. The van der Waals surface area contributed by atoms with Crippen LogP contribution in [0.2, 0.25) is 18.1 Å². The van der Waals surface area contributed by atoms with Crippen LogP contribution < -0.4 is 0 Å². The van der Waals surface area contributed by atoms with E-state index >= 15 is 0 Å². The number of fused-ring (bicyclic) bond motifs is 5. The van der Waals surface area contributed by atoms with Gasteiger partial charge in [-0.1, -0.05) is 34.6 Å². The first-order valence-corrected chi connectivity index (χ1v) is 15.5. The van der Waals surface area contributed by atoms with Gasteiger partial charge in [0.15, 0.2) is 8.32 Å². The third kappa shape index (κ3) is 3.50. The fourth-order valence-electron chi connectivity index (χ4n) is 8.11. The van der Waals surface area contributed by atoms with Crippen LogP contribution in [0.3, 0.4) is 0 Å². The predicted octanol–water partition coefficient (Wildman–Crippen LogP) is 7.17. The van der Waals surface area contributed by atoms with Crippen molar-refractivity contribution < 1.29 is 9.53 Å². The lowest BCUT2D eigenvalue weighted by Gasteiger charge is -2.62. The average molecular weight is 421 g/mol. The van der Waals surface area contributed by atoms with E-state index in [4.69, 9.17) is 4.43 Å². The monoisotopic (exact) mass is 420 g/mol. The van der Waals surface area contributed by atoms with Crippen molar-refractivity contribution in [1.82, 2.24) is 0 Å². The molecular weight excluding hydrogens is 372 g/mol. The second-order valence-electron chi connectivity index (χ2n) is 13.8. The Morgan fingerprint density at radius 2 is 1.48 bits per heavy atom. The molecule has 0 heterocycles. The molecule has 0 saturated heterocycles. The summed E-state index contributed by atoms with van der Waals surface area (Å²) in [7, 11) is -1.72. The standard InChI is InChI=1S/C26H48O2Si/c1-23(2,3)29(7,8)28-22-12-11-20-19-10-9-18-17-24(4,27)15-16-25(18,5)21(19)13-14-26(20,22)6/h18-22,27H,9-17H2,1-8H3/t18?,19-,20-,21-,22-,24-,25-,26-/m0/s1. The normalized spacial score (nSPS) is 50.6. The Bertz CT molecular complexity index is 635. The number of aliphatic hydroxyl groups is 1. The summed E-state index contributed by atoms with van der Waals surface area (Å²) in [5.41, 5.74) is 0.431. The third-order valence-corrected chi connectivity index (χ3v) is 15.6. The molecule has 0 bridgehead atoms. The molecular formula is C26H48O2Si. The van der Waals surface area contributed by atoms with Gasteiger partial charge in [0.25, 0.3) is 0 Å². The number of hydrogen-bond acceptors (Lipinski definition) is 2. The van der Waals surface area contributed by atoms with Crippen molar-refractivity contribution in [3.63, 3.8) is 0 Å². The van der Waals surface area contributed by atoms with E-state index in [1.54, 1.807) is 0 Å². The van der Waals surface area contributed by atoms with E-state index in [0.717, 1.165) is 36.5 Å². The minimum atomic E-state index is -1.72. The predicted molar refractivity (Wildman–Crippen MR) is 124 cm³/mol. The molecule has 0 radical (unpaired) electrons. The van der Waals surface area contributed by atoms with Crippen molar-refractivity contribution in [1.29, 1.82) is 0 Å². The molecule has 4 fully saturated rings. The maximum absolute atomic E-state index is 10.7. The quantitative estimate of drug-likeness (QED) is 0.480. The molecule has 4 saturated carbocycles. The van der Waals surface area contributed by atoms with Crippen LogP contribution >= 0.6 is 0 Å². The summed E-state index contributed by atoms with van der Waals surface area (Å²) >= 11 is 0. The van der Waals surface area contributed by atoms with Crippen molar-refractivity contribution in [2.24, 2.45) is 34.5 Å². The highest BCUT2D eigenvalue weighted by atomic mass is 28.4. The minimum Gasteiger partial charge on any atom is -0.413 e. The Kier molecular flexibility index (Phi) is 5.25. The van der Waals surface area contributed by atoms with Gasteiger partial charge in [-0.3, -0.25) is 0 Å². The Balaban J connectivity index is 1.54. The van der Waals surface area contributed by atoms with Crippen molar-refractivity contribution in [3.8, 4) is 0 Å². The lowest BCUT2D eigenvalue weighted by atomic mass is 9.44. The van der Waals surface area contributed by atoms with Crippen LogP contribution in [0, 0.1) is 34.5 Å². The Labute approximate surface area is 181 Å². The summed E-state index contributed by atoms with van der Waals surface area (Å²) < 4.78 is 7.08. The molecule has 1 N–H and O–H groups in total. The van der Waals surface area contributed by atoms with E-state index in [2.05, 4.69) is 54.6 Å². The molecule has 0 aromatic heterocycles. The molecule has 4 aliphatic rings. The molecule has 168 valence electrons. The highest BCUT2D eigenvalue weighted by Gasteiger charge is 2.61. The molecule has 3 heteroatoms. The van der Waals surface area contributed by atoms with Crippen molar-refractivity contribution >= 4 is 8.32 Å². The number of hydrogen-bond donors (Lipinski definition) is 1. The van der Waals surface area contributed by atoms with Crippen LogP contribution in [0.5, 0.6) is 0 Å². The van der Waals surface area contributed by atoms with Crippen molar-refractivity contribution in [2.75, 3.05) is 0 Å². The number of rotatable bonds is 2. The van der Waals surface area contributed by atoms with Gasteiger partial charge in [0, 0.05) is 0 Å². The maximum atomic E-state index is 10.7. The first-order chi connectivity index (χ1) is 13.2. The molecule has 0 aromatic rings. The van der Waals surface area contributed by atoms with Gasteiger partial charge in [-0.2, -0.15) is 0 Å². The molecule has 2 nitrogen and oxygen atoms in total. The molecule has 0 amide bonds. The van der Waals surface area contributed by atoms with Gasteiger partial charge in [-0.15, -0.1) is 0 Å². The van der Waals surface area contributed by atoms with Crippen LogP contribution in [-0.2, 0) is 4.43 Å². The molecule has 0 aromatic carbocycles. The van der Waals surface area contributed by atoms with Crippen molar-refractivity contribution in [2.45, 2.75) is 129 Å². The molecule has 0 aliphatic heterocycles. The zero-order valence-electron chi connectivity index (χ0n) is 20.6. The zero-order chi connectivity index (χ0) is 21.5. The van der Waals surface area contributed by atoms with Gasteiger partial charge in [0.1, 0.15) is 0 Å². The topological polar surface area (TPSA) is 29.5 Å². The second-order valence-corrected chi connectivity index (χ2v) is 18.6. The van der Waals surface area contributed by atoms with Crippen LogP contribution in [-0.4, -0.2) is 25.1 Å². The second kappa shape index (κ2) is 6.82. The largest absolute Gasteiger partial charge is 0.413 e. The van der Waals surface area contributed by atoms with Crippen LogP contribution in [0.1, 0.15) is 99.3 Å². The van der Waals surface area contributed by atoms with E-state index < -0.39 is 13.9 Å². The molecule has 4 rings (SSSR count). The highest BCUT2D eigenvalue weighted by Crippen LogP contribution is 2.67. The van der Waals surface area contributed by atoms with E-state index in [1.165, 1.54) is 44.9 Å². The van der Waals surface area contributed by atoms with Gasteiger partial charge < -0.3 is 9.53 Å². The SMILES string of the molecule is CC(C)(C)[Si](C)(C)O[C@H]1CC[C@H]2[C@@H]3CCC4C[C@@](C)(O)CC[C@]4(C)[C@H]3CC[C@]12C. The summed E-state index contributed by atoms with van der Waals surface area (Å²) in [6.07, 6.45) is 11.9. The average Bonchev–Trinajstić information content (AvgIpc) is 2.90. The highest BCUT2D eigenvalue weighted by molar-refractivity contribution is 6.74. The van der Waals surface area contributed by atoms with Crippen molar-refractivity contribution in [3.05, 3.63) is 0 Å². The minimum absolute atomic E-state index is 0.295. The van der Waals surface area contributed by atoms with Crippen LogP contribution in [0.25, 0.3) is 0 Å². The fourth-order valence-corrected chi connectivity index (χ4v) is 9.56. The van der Waals surface area contributed by atoms with Crippen LogP contribution in [0.4, 0.5) is 0 Å². The summed E-state index contributed by atoms with van der Waals surface area (Å²) in [5, 5.41) is 11.0. The Morgan fingerprint density at radius 1 is 0.828 bits per heavy atom. The van der Waals surface area contributed by atoms with Gasteiger partial charge in [0.05, 0.1) is 11.7 Å². The smallest absolute Gasteiger partial charge is 0.192 e. The van der Waals surface area contributed by atoms with Gasteiger partial charge >= 0.3 is 0 Å². The van der Waals surface area contributed by atoms with E-state index in [-0.39, 0.29) is 0 Å². The molecule has 1 unspecified atom stereocenters. The lowest BCUT2D eigenvalue weighted by Crippen LogP contribution is -2.56. The molecule has 8 atom stereocenters. The first kappa shape index (κ1) is 22.3. The third-order valence-electron chi connectivity index (χ3n) is 11.1. The molecule has 0 spiro atoms. The summed E-state index contributed by atoms with van der Waals surface area (Å²) in [4.78, 5) is 0. The molecule has 29 heavy (non-hydrogen) atoms. The van der Waals surface area contributed by atoms with E-state index in [9.17, 15) is 5.11 Å². The van der Waals surface area contributed by atoms with Gasteiger partial charge in [-0.05, 0) is 117 Å². The Hall–Kier alpha value is 0.137.